The summed E-state index contributed by atoms with van der Waals surface area (Å²) >= 11 is 0. The molecule has 2 unspecified atom stereocenters. The minimum Gasteiger partial charge on any atom is -0.399 e. The van der Waals surface area contributed by atoms with Gasteiger partial charge in [-0.15, -0.1) is 0 Å². The lowest BCUT2D eigenvalue weighted by molar-refractivity contribution is 0.0636. The van der Waals surface area contributed by atoms with Crippen LogP contribution in [-0.4, -0.2) is 29.1 Å². The van der Waals surface area contributed by atoms with Crippen LogP contribution in [0.3, 0.4) is 0 Å². The molecule has 19 heavy (non-hydrogen) atoms. The number of β-amino-alcohol motifs (C(OH)–C–C–N with tert-alkyl or cyclic N) is 1. The van der Waals surface area contributed by atoms with Crippen molar-refractivity contribution in [3.05, 3.63) is 29.8 Å². The Kier molecular flexibility index (Phi) is 5.23. The van der Waals surface area contributed by atoms with Crippen LogP contribution < -0.4 is 5.73 Å². The Balaban J connectivity index is 1.98. The Morgan fingerprint density at radius 1 is 1.42 bits per heavy atom. The zero-order valence-electron chi connectivity index (χ0n) is 11.9. The van der Waals surface area contributed by atoms with Crippen molar-refractivity contribution in [1.82, 2.24) is 4.90 Å². The van der Waals surface area contributed by atoms with Gasteiger partial charge in [0.25, 0.3) is 0 Å². The number of nitrogens with two attached hydrogens (primary N) is 1. The number of benzene rings is 1. The second-order valence-electron chi connectivity index (χ2n) is 5.62. The Morgan fingerprint density at radius 2 is 2.26 bits per heavy atom. The van der Waals surface area contributed by atoms with Crippen LogP contribution in [0.4, 0.5) is 5.69 Å². The van der Waals surface area contributed by atoms with Gasteiger partial charge < -0.3 is 10.8 Å². The number of rotatable bonds is 5. The minimum absolute atomic E-state index is 0.430. The van der Waals surface area contributed by atoms with Crippen molar-refractivity contribution in [2.45, 2.75) is 51.2 Å². The highest BCUT2D eigenvalue weighted by molar-refractivity contribution is 5.41. The Bertz CT molecular complexity index is 392. The highest BCUT2D eigenvalue weighted by Gasteiger charge is 2.24. The molecule has 1 aliphatic heterocycles. The molecule has 3 heteroatoms. The molecule has 1 fully saturated rings. The van der Waals surface area contributed by atoms with Crippen LogP contribution in [0, 0.1) is 0 Å². The van der Waals surface area contributed by atoms with E-state index in [2.05, 4.69) is 11.8 Å². The van der Waals surface area contributed by atoms with E-state index in [9.17, 15) is 5.11 Å². The smallest absolute Gasteiger partial charge is 0.0917 e. The quantitative estimate of drug-likeness (QED) is 0.802. The summed E-state index contributed by atoms with van der Waals surface area (Å²) in [6.45, 7) is 4.08. The van der Waals surface area contributed by atoms with Crippen molar-refractivity contribution in [1.29, 1.82) is 0 Å². The van der Waals surface area contributed by atoms with Gasteiger partial charge in [0.05, 0.1) is 6.10 Å². The third-order valence-corrected chi connectivity index (χ3v) is 4.07. The molecular weight excluding hydrogens is 236 g/mol. The number of hydrogen-bond acceptors (Lipinski definition) is 3. The number of anilines is 1. The van der Waals surface area contributed by atoms with E-state index in [0.29, 0.717) is 6.04 Å². The normalized spacial score (nSPS) is 22.3. The van der Waals surface area contributed by atoms with Crippen LogP contribution in [0.2, 0.25) is 0 Å². The first-order chi connectivity index (χ1) is 9.20. The largest absolute Gasteiger partial charge is 0.399 e. The average Bonchev–Trinajstić information content (AvgIpc) is 2.41. The predicted octanol–water partition coefficient (Wildman–Crippen LogP) is 2.96. The van der Waals surface area contributed by atoms with Crippen LogP contribution in [-0.2, 0) is 0 Å². The van der Waals surface area contributed by atoms with Gasteiger partial charge in [0, 0.05) is 18.3 Å². The summed E-state index contributed by atoms with van der Waals surface area (Å²) in [5, 5.41) is 10.4. The molecule has 1 aromatic rings. The Labute approximate surface area is 116 Å². The van der Waals surface area contributed by atoms with Crippen molar-refractivity contribution in [3.8, 4) is 0 Å². The highest BCUT2D eigenvalue weighted by Crippen LogP contribution is 2.24. The van der Waals surface area contributed by atoms with Crippen molar-refractivity contribution in [2.24, 2.45) is 0 Å². The summed E-state index contributed by atoms with van der Waals surface area (Å²) in [6, 6.07) is 8.25. The van der Waals surface area contributed by atoms with Crippen molar-refractivity contribution in [2.75, 3.05) is 18.8 Å². The monoisotopic (exact) mass is 262 g/mol. The number of piperidine rings is 1. The molecule has 1 heterocycles. The van der Waals surface area contributed by atoms with Gasteiger partial charge in [0.1, 0.15) is 0 Å². The summed E-state index contributed by atoms with van der Waals surface area (Å²) in [5.74, 6) is 0. The van der Waals surface area contributed by atoms with E-state index in [4.69, 9.17) is 5.73 Å². The predicted molar refractivity (Wildman–Crippen MR) is 79.9 cm³/mol. The van der Waals surface area contributed by atoms with Crippen molar-refractivity contribution in [3.63, 3.8) is 0 Å². The molecule has 0 saturated carbocycles. The lowest BCUT2D eigenvalue weighted by Crippen LogP contribution is -2.41. The van der Waals surface area contributed by atoms with Gasteiger partial charge in [-0.05, 0) is 43.5 Å². The van der Waals surface area contributed by atoms with E-state index >= 15 is 0 Å². The van der Waals surface area contributed by atoms with E-state index in [1.807, 2.05) is 24.3 Å². The average molecular weight is 262 g/mol. The third kappa shape index (κ3) is 3.95. The fraction of sp³-hybridized carbons (Fsp3) is 0.625. The number of aliphatic hydroxyl groups is 1. The Morgan fingerprint density at radius 3 is 3.00 bits per heavy atom. The zero-order valence-corrected chi connectivity index (χ0v) is 11.9. The zero-order chi connectivity index (χ0) is 13.7. The minimum atomic E-state index is -0.430. The molecule has 0 bridgehead atoms. The van der Waals surface area contributed by atoms with E-state index < -0.39 is 6.10 Å². The van der Waals surface area contributed by atoms with Gasteiger partial charge in [-0.3, -0.25) is 4.90 Å². The van der Waals surface area contributed by atoms with Crippen molar-refractivity contribution >= 4 is 5.69 Å². The number of aliphatic hydroxyl groups excluding tert-OH is 1. The molecule has 1 aliphatic rings. The number of likely N-dealkylation sites (tertiary alicyclic amines) is 1. The van der Waals surface area contributed by atoms with Crippen LogP contribution >= 0.6 is 0 Å². The van der Waals surface area contributed by atoms with E-state index in [1.54, 1.807) is 0 Å². The topological polar surface area (TPSA) is 49.5 Å². The molecule has 0 aromatic heterocycles. The second-order valence-corrected chi connectivity index (χ2v) is 5.62. The lowest BCUT2D eigenvalue weighted by atomic mass is 9.97. The fourth-order valence-electron chi connectivity index (χ4n) is 3.05. The van der Waals surface area contributed by atoms with Crippen LogP contribution in [0.1, 0.15) is 50.7 Å². The molecule has 0 radical (unpaired) electrons. The molecule has 2 rings (SSSR count). The number of hydrogen-bond donors (Lipinski definition) is 2. The fourth-order valence-corrected chi connectivity index (χ4v) is 3.05. The molecule has 3 N–H and O–H groups in total. The maximum Gasteiger partial charge on any atom is 0.0917 e. The maximum absolute atomic E-state index is 10.4. The lowest BCUT2D eigenvalue weighted by Gasteiger charge is -2.37. The Hall–Kier alpha value is -1.06. The molecule has 0 aliphatic carbocycles. The van der Waals surface area contributed by atoms with Crippen molar-refractivity contribution < 1.29 is 5.11 Å². The highest BCUT2D eigenvalue weighted by atomic mass is 16.3. The van der Waals surface area contributed by atoms with Gasteiger partial charge in [-0.2, -0.15) is 0 Å². The standard InChI is InChI=1S/C16H26N2O/c1-2-6-15-9-3-4-10-18(15)12-16(19)13-7-5-8-14(17)11-13/h5,7-8,11,15-16,19H,2-4,6,9-10,12,17H2,1H3. The molecule has 2 atom stereocenters. The summed E-state index contributed by atoms with van der Waals surface area (Å²) < 4.78 is 0. The maximum atomic E-state index is 10.4. The summed E-state index contributed by atoms with van der Waals surface area (Å²) in [7, 11) is 0. The number of nitrogens with zero attached hydrogens (tertiary/aromatic N) is 1. The number of nitrogen functional groups attached to an aromatic ring is 1. The molecule has 1 aromatic carbocycles. The first-order valence-electron chi connectivity index (χ1n) is 7.48. The summed E-state index contributed by atoms with van der Waals surface area (Å²) in [4.78, 5) is 2.46. The van der Waals surface area contributed by atoms with E-state index in [1.165, 1.54) is 32.1 Å². The van der Waals surface area contributed by atoms with Gasteiger partial charge in [-0.1, -0.05) is 31.9 Å². The van der Waals surface area contributed by atoms with Gasteiger partial charge in [0.2, 0.25) is 0 Å². The first kappa shape index (κ1) is 14.4. The third-order valence-electron chi connectivity index (χ3n) is 4.07. The molecule has 0 amide bonds. The van der Waals surface area contributed by atoms with Crippen LogP contribution in [0.15, 0.2) is 24.3 Å². The summed E-state index contributed by atoms with van der Waals surface area (Å²) in [5.41, 5.74) is 7.43. The molecule has 1 saturated heterocycles. The van der Waals surface area contributed by atoms with Gasteiger partial charge in [-0.25, -0.2) is 0 Å². The molecule has 106 valence electrons. The molecule has 3 nitrogen and oxygen atoms in total. The van der Waals surface area contributed by atoms with Crippen LogP contribution in [0.25, 0.3) is 0 Å². The van der Waals surface area contributed by atoms with E-state index in [-0.39, 0.29) is 0 Å². The van der Waals surface area contributed by atoms with Gasteiger partial charge >= 0.3 is 0 Å². The van der Waals surface area contributed by atoms with Gasteiger partial charge in [0.15, 0.2) is 0 Å². The summed E-state index contributed by atoms with van der Waals surface area (Å²) in [6.07, 6.45) is 5.89. The SMILES string of the molecule is CCCC1CCCCN1CC(O)c1cccc(N)c1. The first-order valence-corrected chi connectivity index (χ1v) is 7.48. The van der Waals surface area contributed by atoms with E-state index in [0.717, 1.165) is 24.3 Å². The second kappa shape index (κ2) is 6.92. The molecule has 0 spiro atoms. The van der Waals surface area contributed by atoms with Crippen LogP contribution in [0.5, 0.6) is 0 Å². The molecular formula is C16H26N2O.